The van der Waals surface area contributed by atoms with E-state index in [1.54, 1.807) is 85.2 Å². The van der Waals surface area contributed by atoms with Gasteiger partial charge in [0, 0.05) is 45.8 Å². The molecule has 0 amide bonds. The minimum absolute atomic E-state index is 0.0258. The van der Waals surface area contributed by atoms with Crippen LogP contribution >= 0.6 is 0 Å². The Bertz CT molecular complexity index is 2450. The summed E-state index contributed by atoms with van der Waals surface area (Å²) in [5, 5.41) is 23.8. The summed E-state index contributed by atoms with van der Waals surface area (Å²) in [4.78, 5) is 12.3. The maximum atomic E-state index is 8.86. The molecule has 0 spiro atoms. The summed E-state index contributed by atoms with van der Waals surface area (Å²) < 4.78 is 23.8. The lowest BCUT2D eigenvalue weighted by Crippen LogP contribution is -2.11. The Labute approximate surface area is 338 Å². The van der Waals surface area contributed by atoms with E-state index in [9.17, 15) is 0 Å². The number of benzene rings is 4. The van der Waals surface area contributed by atoms with Gasteiger partial charge in [0.25, 0.3) is 0 Å². The van der Waals surface area contributed by atoms with Crippen molar-refractivity contribution in [3.8, 4) is 29.1 Å². The Morgan fingerprint density at radius 3 is 1.40 bits per heavy atom. The zero-order valence-electron chi connectivity index (χ0n) is 32.8. The molecule has 0 aliphatic rings. The Hall–Kier alpha value is -7.70. The van der Waals surface area contributed by atoms with E-state index in [1.807, 2.05) is 52.0 Å². The Morgan fingerprint density at radius 2 is 1.00 bits per heavy atom. The molecular formula is C46H44N8O4. The van der Waals surface area contributed by atoms with Gasteiger partial charge in [0.1, 0.15) is 61.1 Å². The first-order valence-electron chi connectivity index (χ1n) is 18.2. The van der Waals surface area contributed by atoms with E-state index in [0.717, 1.165) is 56.3 Å². The van der Waals surface area contributed by atoms with Crippen molar-refractivity contribution in [1.82, 2.24) is 9.97 Å². The highest BCUT2D eigenvalue weighted by molar-refractivity contribution is 5.95. The van der Waals surface area contributed by atoms with Crippen LogP contribution in [-0.2, 0) is 26.4 Å². The Kier molecular flexibility index (Phi) is 14.1. The summed E-state index contributed by atoms with van der Waals surface area (Å²) in [6.07, 6.45) is 3.59. The van der Waals surface area contributed by atoms with E-state index in [0.29, 0.717) is 60.3 Å². The molecule has 6 N–H and O–H groups in total. The number of aryl methyl sites for hydroxylation is 2. The van der Waals surface area contributed by atoms with E-state index in [1.165, 1.54) is 0 Å². The fourth-order valence-corrected chi connectivity index (χ4v) is 5.65. The highest BCUT2D eigenvalue weighted by Gasteiger charge is 2.13. The molecule has 0 saturated heterocycles. The molecule has 4 aromatic carbocycles. The standard InChI is InChI=1S/C23H25N5O2.C23H19N3O2/c1-14-19(13-29-20-9-7-18(8-10-20)23(26)27)11-28-15(2)21(14)30-12-16-3-5-17(6-4-16)22(24)25;1-16-20(15-27-22-10-6-18(12-24)7-11-22)13-26-17(2)23(16)28-14-19-4-8-21(25-3)9-5-19/h3-11H,12-13H2,1-2H3,(H3,24,25)(H3,26,27);4-11,13H,14-15H2,1-2H3. The van der Waals surface area contributed by atoms with Gasteiger partial charge in [-0.2, -0.15) is 5.26 Å². The van der Waals surface area contributed by atoms with Crippen LogP contribution in [0.1, 0.15) is 61.5 Å². The average Bonchev–Trinajstić information content (AvgIpc) is 3.24. The van der Waals surface area contributed by atoms with Gasteiger partial charge in [0.05, 0.1) is 29.6 Å². The van der Waals surface area contributed by atoms with Crippen LogP contribution in [0.2, 0.25) is 0 Å². The van der Waals surface area contributed by atoms with Crippen LogP contribution in [0.25, 0.3) is 4.85 Å². The summed E-state index contributed by atoms with van der Waals surface area (Å²) in [6, 6.07) is 30.9. The van der Waals surface area contributed by atoms with Crippen molar-refractivity contribution < 1.29 is 18.9 Å². The molecule has 58 heavy (non-hydrogen) atoms. The fourth-order valence-electron chi connectivity index (χ4n) is 5.65. The first kappa shape index (κ1) is 41.5. The van der Waals surface area contributed by atoms with Gasteiger partial charge in [0.2, 0.25) is 0 Å². The van der Waals surface area contributed by atoms with Gasteiger partial charge in [0.15, 0.2) is 5.69 Å². The number of pyridine rings is 2. The largest absolute Gasteiger partial charge is 0.489 e. The quantitative estimate of drug-likeness (QED) is 0.0476. The number of nitrogen functional groups attached to an aromatic ring is 2. The summed E-state index contributed by atoms with van der Waals surface area (Å²) >= 11 is 0. The predicted molar refractivity (Wildman–Crippen MR) is 224 cm³/mol. The van der Waals surface area contributed by atoms with E-state index in [4.69, 9.17) is 53.1 Å². The van der Waals surface area contributed by atoms with Crippen molar-refractivity contribution in [2.24, 2.45) is 11.5 Å². The Morgan fingerprint density at radius 1 is 0.603 bits per heavy atom. The van der Waals surface area contributed by atoms with Crippen LogP contribution in [0.5, 0.6) is 23.0 Å². The molecule has 2 aromatic heterocycles. The molecule has 0 saturated carbocycles. The van der Waals surface area contributed by atoms with Crippen molar-refractivity contribution in [2.75, 3.05) is 0 Å². The summed E-state index contributed by atoms with van der Waals surface area (Å²) in [5.41, 5.74) is 20.9. The first-order chi connectivity index (χ1) is 27.9. The fraction of sp³-hybridized carbons (Fsp3) is 0.174. The van der Waals surface area contributed by atoms with Gasteiger partial charge in [-0.15, -0.1) is 0 Å². The maximum absolute atomic E-state index is 8.86. The molecule has 0 unspecified atom stereocenters. The van der Waals surface area contributed by atoms with Gasteiger partial charge in [-0.05, 0) is 87.4 Å². The SMILES string of the molecule is Cc1ncc(COc2ccc(C(=N)N)cc2)c(C)c1OCc1ccc(C(=N)N)cc1.[C-]#[N+]c1ccc(COc2c(C)ncc(COc3ccc(C#N)cc3)c2C)cc1. The number of hydrogen-bond donors (Lipinski definition) is 4. The molecule has 0 radical (unpaired) electrons. The molecule has 0 aliphatic carbocycles. The monoisotopic (exact) mass is 772 g/mol. The summed E-state index contributed by atoms with van der Waals surface area (Å²) in [5.74, 6) is 2.93. The maximum Gasteiger partial charge on any atom is 0.187 e. The van der Waals surface area contributed by atoms with Crippen molar-refractivity contribution >= 4 is 17.4 Å². The van der Waals surface area contributed by atoms with Crippen molar-refractivity contribution in [3.63, 3.8) is 0 Å². The van der Waals surface area contributed by atoms with Gasteiger partial charge < -0.3 is 30.4 Å². The number of nitrogens with one attached hydrogen (secondary N) is 2. The Balaban J connectivity index is 0.000000221. The van der Waals surface area contributed by atoms with Gasteiger partial charge >= 0.3 is 0 Å². The normalized spacial score (nSPS) is 10.2. The van der Waals surface area contributed by atoms with Gasteiger partial charge in [-0.1, -0.05) is 48.5 Å². The number of nitrogens with two attached hydrogens (primary N) is 2. The minimum atomic E-state index is 0.0258. The zero-order chi connectivity index (χ0) is 41.6. The molecule has 2 heterocycles. The number of aromatic nitrogens is 2. The molecule has 6 aromatic rings. The third-order valence-corrected chi connectivity index (χ3v) is 9.16. The van der Waals surface area contributed by atoms with Crippen LogP contribution in [-0.4, -0.2) is 21.6 Å². The van der Waals surface area contributed by atoms with E-state index in [-0.39, 0.29) is 11.7 Å². The van der Waals surface area contributed by atoms with Gasteiger partial charge in [-0.25, -0.2) is 4.85 Å². The highest BCUT2D eigenvalue weighted by atomic mass is 16.5. The van der Waals surface area contributed by atoms with Crippen molar-refractivity contribution in [1.29, 1.82) is 16.1 Å². The minimum Gasteiger partial charge on any atom is -0.489 e. The van der Waals surface area contributed by atoms with Crippen LogP contribution in [0.3, 0.4) is 0 Å². The molecule has 12 nitrogen and oxygen atoms in total. The second-order valence-corrected chi connectivity index (χ2v) is 13.3. The van der Waals surface area contributed by atoms with Crippen LogP contribution < -0.4 is 30.4 Å². The third kappa shape index (κ3) is 11.2. The molecule has 292 valence electrons. The van der Waals surface area contributed by atoms with Gasteiger partial charge in [-0.3, -0.25) is 20.8 Å². The molecule has 6 rings (SSSR count). The second-order valence-electron chi connectivity index (χ2n) is 13.3. The highest BCUT2D eigenvalue weighted by Crippen LogP contribution is 2.28. The second kappa shape index (κ2) is 19.8. The van der Waals surface area contributed by atoms with E-state index in [2.05, 4.69) is 20.9 Å². The molecular weight excluding hydrogens is 729 g/mol. The lowest BCUT2D eigenvalue weighted by Gasteiger charge is -2.15. The smallest absolute Gasteiger partial charge is 0.187 e. The predicted octanol–water partition coefficient (Wildman–Crippen LogP) is 8.70. The molecule has 12 heteroatoms. The first-order valence-corrected chi connectivity index (χ1v) is 18.2. The number of hydrogen-bond acceptors (Lipinski definition) is 9. The molecule has 0 bridgehead atoms. The van der Waals surface area contributed by atoms with Crippen LogP contribution in [0.4, 0.5) is 5.69 Å². The van der Waals surface area contributed by atoms with Crippen molar-refractivity contribution in [2.45, 2.75) is 54.1 Å². The summed E-state index contributed by atoms with van der Waals surface area (Å²) in [6.45, 7) is 16.3. The van der Waals surface area contributed by atoms with Crippen molar-refractivity contribution in [3.05, 3.63) is 182 Å². The number of ether oxygens (including phenoxy) is 4. The average molecular weight is 773 g/mol. The topological polar surface area (TPSA) is 191 Å². The van der Waals surface area contributed by atoms with Crippen LogP contribution in [0, 0.1) is 56.4 Å². The number of rotatable bonds is 14. The number of nitriles is 1. The lowest BCUT2D eigenvalue weighted by atomic mass is 10.1. The van der Waals surface area contributed by atoms with E-state index < -0.39 is 0 Å². The molecule has 0 atom stereocenters. The zero-order valence-corrected chi connectivity index (χ0v) is 32.8. The third-order valence-electron chi connectivity index (χ3n) is 9.16. The van der Waals surface area contributed by atoms with E-state index >= 15 is 0 Å². The van der Waals surface area contributed by atoms with Crippen LogP contribution in [0.15, 0.2) is 109 Å². The molecule has 0 fully saturated rings. The number of nitrogens with zero attached hydrogens (tertiary/aromatic N) is 4. The number of amidine groups is 2. The molecule has 0 aliphatic heterocycles. The summed E-state index contributed by atoms with van der Waals surface area (Å²) in [7, 11) is 0. The lowest BCUT2D eigenvalue weighted by molar-refractivity contribution is 0.290.